The van der Waals surface area contributed by atoms with Gasteiger partial charge < -0.3 is 10.2 Å². The fourth-order valence-electron chi connectivity index (χ4n) is 4.90. The normalized spacial score (nSPS) is 15.1. The molecular formula is C28H38ClN3O4S. The number of benzene rings is 2. The zero-order chi connectivity index (χ0) is 27.0. The molecule has 0 unspecified atom stereocenters. The topological polar surface area (TPSA) is 86.8 Å². The summed E-state index contributed by atoms with van der Waals surface area (Å²) < 4.78 is 26.8. The summed E-state index contributed by atoms with van der Waals surface area (Å²) in [5.74, 6) is -0.631. The molecule has 9 heteroatoms. The molecule has 0 saturated heterocycles. The summed E-state index contributed by atoms with van der Waals surface area (Å²) >= 11 is 6.06. The van der Waals surface area contributed by atoms with E-state index in [4.69, 9.17) is 11.6 Å². The number of hydrogen-bond acceptors (Lipinski definition) is 4. The summed E-state index contributed by atoms with van der Waals surface area (Å²) in [6.07, 6.45) is 7.32. The molecule has 0 spiro atoms. The van der Waals surface area contributed by atoms with E-state index in [-0.39, 0.29) is 18.5 Å². The first-order valence-electron chi connectivity index (χ1n) is 13.0. The third-order valence-electron chi connectivity index (χ3n) is 6.92. The Bertz CT molecular complexity index is 1160. The zero-order valence-electron chi connectivity index (χ0n) is 22.0. The predicted octanol–water partition coefficient (Wildman–Crippen LogP) is 4.92. The number of rotatable bonds is 11. The van der Waals surface area contributed by atoms with Crippen LogP contribution in [0.25, 0.3) is 0 Å². The lowest BCUT2D eigenvalue weighted by Crippen LogP contribution is -2.54. The average Bonchev–Trinajstić information content (AvgIpc) is 2.88. The van der Waals surface area contributed by atoms with Gasteiger partial charge in [-0.25, -0.2) is 8.42 Å². The Morgan fingerprint density at radius 3 is 2.27 bits per heavy atom. The highest BCUT2D eigenvalue weighted by Gasteiger charge is 2.33. The van der Waals surface area contributed by atoms with E-state index in [1.54, 1.807) is 24.3 Å². The summed E-state index contributed by atoms with van der Waals surface area (Å²) in [6, 6.07) is 13.7. The second-order valence-electron chi connectivity index (χ2n) is 9.67. The van der Waals surface area contributed by atoms with Crippen molar-refractivity contribution in [2.45, 2.75) is 77.4 Å². The number of carbonyl (C=O) groups is 2. The van der Waals surface area contributed by atoms with Crippen LogP contribution in [0.1, 0.15) is 63.5 Å². The van der Waals surface area contributed by atoms with Gasteiger partial charge in [0.05, 0.1) is 11.9 Å². The molecule has 0 aromatic heterocycles. The number of anilines is 1. The molecule has 2 amide bonds. The van der Waals surface area contributed by atoms with Gasteiger partial charge in [-0.1, -0.05) is 75.0 Å². The SMILES string of the molecule is CCc1ccccc1N(CC(=O)N(Cc1ccc(Cl)cc1)[C@@H](CC)C(=O)NC1CCCCC1)S(C)(=O)=O. The van der Waals surface area contributed by atoms with Crippen LogP contribution in [0, 0.1) is 0 Å². The molecule has 0 heterocycles. The van der Waals surface area contributed by atoms with Crippen LogP contribution in [0.4, 0.5) is 5.69 Å². The predicted molar refractivity (Wildman–Crippen MR) is 149 cm³/mol. The lowest BCUT2D eigenvalue weighted by Gasteiger charge is -2.34. The van der Waals surface area contributed by atoms with Gasteiger partial charge in [0.1, 0.15) is 12.6 Å². The minimum atomic E-state index is -3.77. The van der Waals surface area contributed by atoms with Crippen molar-refractivity contribution in [2.75, 3.05) is 17.1 Å². The van der Waals surface area contributed by atoms with Crippen molar-refractivity contribution >= 4 is 39.1 Å². The highest BCUT2D eigenvalue weighted by Crippen LogP contribution is 2.25. The van der Waals surface area contributed by atoms with Gasteiger partial charge in [-0.3, -0.25) is 13.9 Å². The maximum atomic E-state index is 13.9. The van der Waals surface area contributed by atoms with Gasteiger partial charge in [0.2, 0.25) is 21.8 Å². The number of aryl methyl sites for hydroxylation is 1. The van der Waals surface area contributed by atoms with Crippen molar-refractivity contribution in [3.8, 4) is 0 Å². The Balaban J connectivity index is 1.93. The van der Waals surface area contributed by atoms with Crippen molar-refractivity contribution in [3.63, 3.8) is 0 Å². The summed E-state index contributed by atoms with van der Waals surface area (Å²) in [5, 5.41) is 3.72. The number of sulfonamides is 1. The smallest absolute Gasteiger partial charge is 0.244 e. The van der Waals surface area contributed by atoms with Crippen LogP contribution >= 0.6 is 11.6 Å². The molecule has 1 saturated carbocycles. The molecule has 0 radical (unpaired) electrons. The molecule has 7 nitrogen and oxygen atoms in total. The molecule has 0 bridgehead atoms. The second-order valence-corrected chi connectivity index (χ2v) is 12.0. The van der Waals surface area contributed by atoms with Crippen LogP contribution in [-0.2, 0) is 32.6 Å². The third-order valence-corrected chi connectivity index (χ3v) is 8.30. The molecule has 2 aromatic rings. The Labute approximate surface area is 226 Å². The van der Waals surface area contributed by atoms with E-state index in [0.717, 1.165) is 47.4 Å². The summed E-state index contributed by atoms with van der Waals surface area (Å²) in [6.45, 7) is 3.58. The number of carbonyl (C=O) groups excluding carboxylic acids is 2. The molecule has 1 fully saturated rings. The zero-order valence-corrected chi connectivity index (χ0v) is 23.5. The van der Waals surface area contributed by atoms with Gasteiger partial charge >= 0.3 is 0 Å². The Morgan fingerprint density at radius 1 is 1.03 bits per heavy atom. The number of nitrogens with one attached hydrogen (secondary N) is 1. The lowest BCUT2D eigenvalue weighted by atomic mass is 9.95. The number of para-hydroxylation sites is 1. The van der Waals surface area contributed by atoms with Crippen molar-refractivity contribution < 1.29 is 18.0 Å². The average molecular weight is 548 g/mol. The first kappa shape index (κ1) is 29.0. The molecule has 3 rings (SSSR count). The largest absolute Gasteiger partial charge is 0.352 e. The van der Waals surface area contributed by atoms with Crippen molar-refractivity contribution in [3.05, 3.63) is 64.7 Å². The maximum absolute atomic E-state index is 13.9. The van der Waals surface area contributed by atoms with Crippen molar-refractivity contribution in [2.24, 2.45) is 0 Å². The van der Waals surface area contributed by atoms with E-state index < -0.39 is 28.5 Å². The minimum Gasteiger partial charge on any atom is -0.352 e. The summed E-state index contributed by atoms with van der Waals surface area (Å²) in [7, 11) is -3.77. The summed E-state index contributed by atoms with van der Waals surface area (Å²) in [4.78, 5) is 28.8. The first-order valence-corrected chi connectivity index (χ1v) is 15.3. The Kier molecular flexibility index (Phi) is 10.4. The highest BCUT2D eigenvalue weighted by molar-refractivity contribution is 7.92. The quantitative estimate of drug-likeness (QED) is 0.432. The summed E-state index contributed by atoms with van der Waals surface area (Å²) in [5.41, 5.74) is 2.11. The van der Waals surface area contributed by atoms with Gasteiger partial charge in [0.25, 0.3) is 0 Å². The molecule has 202 valence electrons. The second kappa shape index (κ2) is 13.3. The van der Waals surface area contributed by atoms with Gasteiger partial charge in [0.15, 0.2) is 0 Å². The first-order chi connectivity index (χ1) is 17.6. The van der Waals surface area contributed by atoms with Gasteiger partial charge in [-0.2, -0.15) is 0 Å². The van der Waals surface area contributed by atoms with Crippen LogP contribution in [0.2, 0.25) is 5.02 Å². The van der Waals surface area contributed by atoms with Crippen LogP contribution in [0.3, 0.4) is 0 Å². The van der Waals surface area contributed by atoms with Crippen molar-refractivity contribution in [1.29, 1.82) is 0 Å². The Morgan fingerprint density at radius 2 is 1.68 bits per heavy atom. The van der Waals surface area contributed by atoms with E-state index in [0.29, 0.717) is 23.6 Å². The fourth-order valence-corrected chi connectivity index (χ4v) is 5.90. The molecule has 1 N–H and O–H groups in total. The van der Waals surface area contributed by atoms with E-state index in [2.05, 4.69) is 5.32 Å². The van der Waals surface area contributed by atoms with E-state index in [1.807, 2.05) is 38.1 Å². The van der Waals surface area contributed by atoms with Gasteiger partial charge in [0, 0.05) is 17.6 Å². The molecule has 1 aliphatic rings. The van der Waals surface area contributed by atoms with E-state index in [9.17, 15) is 18.0 Å². The third kappa shape index (κ3) is 7.95. The van der Waals surface area contributed by atoms with Crippen LogP contribution in [0.15, 0.2) is 48.5 Å². The van der Waals surface area contributed by atoms with Crippen LogP contribution in [0.5, 0.6) is 0 Å². The molecule has 1 atom stereocenters. The fraction of sp³-hybridized carbons (Fsp3) is 0.500. The maximum Gasteiger partial charge on any atom is 0.244 e. The van der Waals surface area contributed by atoms with E-state index in [1.165, 1.54) is 11.3 Å². The minimum absolute atomic E-state index is 0.103. The lowest BCUT2D eigenvalue weighted by molar-refractivity contribution is -0.140. The number of amides is 2. The molecular weight excluding hydrogens is 510 g/mol. The number of hydrogen-bond donors (Lipinski definition) is 1. The monoisotopic (exact) mass is 547 g/mol. The molecule has 0 aliphatic heterocycles. The Hall–Kier alpha value is -2.58. The molecule has 37 heavy (non-hydrogen) atoms. The molecule has 2 aromatic carbocycles. The van der Waals surface area contributed by atoms with Crippen LogP contribution in [-0.4, -0.2) is 50.0 Å². The highest BCUT2D eigenvalue weighted by atomic mass is 35.5. The number of nitrogens with zero attached hydrogens (tertiary/aromatic N) is 2. The van der Waals surface area contributed by atoms with Crippen molar-refractivity contribution in [1.82, 2.24) is 10.2 Å². The van der Waals surface area contributed by atoms with Crippen LogP contribution < -0.4 is 9.62 Å². The molecule has 1 aliphatic carbocycles. The van der Waals surface area contributed by atoms with Gasteiger partial charge in [-0.05, 0) is 55.0 Å². The van der Waals surface area contributed by atoms with Gasteiger partial charge in [-0.15, -0.1) is 0 Å². The number of halogens is 1. The van der Waals surface area contributed by atoms with E-state index >= 15 is 0 Å². The standard InChI is InChI=1S/C28H38ClN3O4S/c1-4-22-11-9-10-14-26(22)32(37(3,35)36)20-27(33)31(19-21-15-17-23(29)18-16-21)25(5-2)28(34)30-24-12-7-6-8-13-24/h9-11,14-18,24-25H,4-8,12-13,19-20H2,1-3H3,(H,30,34)/t25-/m0/s1.